The molecule has 0 N–H and O–H groups in total. The number of carbonyl (C=O) groups is 1. The Balaban J connectivity index is 1.55. The molecule has 0 saturated heterocycles. The molecule has 168 valence electrons. The summed E-state index contributed by atoms with van der Waals surface area (Å²) in [6.45, 7) is 6.65. The van der Waals surface area contributed by atoms with Gasteiger partial charge in [-0.25, -0.2) is 14.8 Å². The van der Waals surface area contributed by atoms with Crippen LogP contribution in [0.3, 0.4) is 0 Å². The number of esters is 1. The monoisotopic (exact) mass is 430 g/mol. The molecule has 0 fully saturated rings. The van der Waals surface area contributed by atoms with E-state index in [-0.39, 0.29) is 5.97 Å². The summed E-state index contributed by atoms with van der Waals surface area (Å²) in [5, 5.41) is 0. The minimum Gasteiger partial charge on any atom is -0.423 e. The highest BCUT2D eigenvalue weighted by Crippen LogP contribution is 2.21. The molecule has 2 aromatic carbocycles. The molecule has 0 spiro atoms. The van der Waals surface area contributed by atoms with E-state index < -0.39 is 0 Å². The molecule has 0 saturated carbocycles. The Morgan fingerprint density at radius 2 is 1.56 bits per heavy atom. The zero-order valence-electron chi connectivity index (χ0n) is 19.5. The molecule has 3 aromatic rings. The maximum absolute atomic E-state index is 12.5. The van der Waals surface area contributed by atoms with Crippen molar-refractivity contribution in [3.05, 3.63) is 77.6 Å². The zero-order valence-corrected chi connectivity index (χ0v) is 19.5. The predicted molar refractivity (Wildman–Crippen MR) is 130 cm³/mol. The average molecular weight is 431 g/mol. The molecule has 1 atom stereocenters. The van der Waals surface area contributed by atoms with Gasteiger partial charge in [0.25, 0.3) is 0 Å². The van der Waals surface area contributed by atoms with Gasteiger partial charge < -0.3 is 4.74 Å². The van der Waals surface area contributed by atoms with Crippen LogP contribution in [0.1, 0.15) is 74.4 Å². The van der Waals surface area contributed by atoms with Crippen molar-refractivity contribution in [3.63, 3.8) is 0 Å². The van der Waals surface area contributed by atoms with Gasteiger partial charge in [0.15, 0.2) is 5.82 Å². The summed E-state index contributed by atoms with van der Waals surface area (Å²) in [7, 11) is 0. The van der Waals surface area contributed by atoms with Gasteiger partial charge in [-0.3, -0.25) is 0 Å². The van der Waals surface area contributed by atoms with Gasteiger partial charge in [0, 0.05) is 18.0 Å². The van der Waals surface area contributed by atoms with Gasteiger partial charge in [-0.1, -0.05) is 58.6 Å². The fraction of sp³-hybridized carbons (Fsp3) is 0.393. The van der Waals surface area contributed by atoms with E-state index in [2.05, 4.69) is 30.7 Å². The largest absolute Gasteiger partial charge is 0.423 e. The zero-order chi connectivity index (χ0) is 22.8. The lowest BCUT2D eigenvalue weighted by molar-refractivity contribution is 0.0735. The molecule has 0 unspecified atom stereocenters. The molecular formula is C28H34N2O2. The third-order valence-electron chi connectivity index (χ3n) is 5.82. The Labute approximate surface area is 192 Å². The SMILES string of the molecule is CCCCCCc1cnc(-c2ccc(OC(=O)c3ccc(C[C@@H](C)CC)cc3)cc2)nc1. The minimum atomic E-state index is -0.350. The molecule has 0 amide bonds. The predicted octanol–water partition coefficient (Wildman–Crippen LogP) is 7.07. The van der Waals surface area contributed by atoms with Gasteiger partial charge in [0.2, 0.25) is 0 Å². The summed E-state index contributed by atoms with van der Waals surface area (Å²) in [6.07, 6.45) is 12.0. The summed E-state index contributed by atoms with van der Waals surface area (Å²) in [4.78, 5) is 21.5. The van der Waals surface area contributed by atoms with E-state index in [0.717, 1.165) is 24.8 Å². The summed E-state index contributed by atoms with van der Waals surface area (Å²) in [6, 6.07) is 15.0. The summed E-state index contributed by atoms with van der Waals surface area (Å²) < 4.78 is 5.54. The molecule has 0 bridgehead atoms. The van der Waals surface area contributed by atoms with Crippen molar-refractivity contribution in [2.75, 3.05) is 0 Å². The van der Waals surface area contributed by atoms with E-state index in [1.54, 1.807) is 12.1 Å². The van der Waals surface area contributed by atoms with Crippen LogP contribution in [0, 0.1) is 5.92 Å². The number of carbonyl (C=O) groups excluding carboxylic acids is 1. The first-order chi connectivity index (χ1) is 15.6. The number of hydrogen-bond donors (Lipinski definition) is 0. The smallest absolute Gasteiger partial charge is 0.343 e. The highest BCUT2D eigenvalue weighted by molar-refractivity contribution is 5.91. The Bertz CT molecular complexity index is 964. The first-order valence-corrected chi connectivity index (χ1v) is 11.8. The summed E-state index contributed by atoms with van der Waals surface area (Å²) >= 11 is 0. The van der Waals surface area contributed by atoms with Gasteiger partial charge in [0.1, 0.15) is 5.75 Å². The van der Waals surface area contributed by atoms with Crippen molar-refractivity contribution in [1.29, 1.82) is 0 Å². The maximum Gasteiger partial charge on any atom is 0.343 e. The molecule has 1 heterocycles. The second-order valence-corrected chi connectivity index (χ2v) is 8.55. The molecule has 4 nitrogen and oxygen atoms in total. The van der Waals surface area contributed by atoms with Crippen molar-refractivity contribution < 1.29 is 9.53 Å². The number of rotatable bonds is 11. The van der Waals surface area contributed by atoms with Crippen LogP contribution < -0.4 is 4.74 Å². The minimum absolute atomic E-state index is 0.350. The second kappa shape index (κ2) is 12.1. The lowest BCUT2D eigenvalue weighted by Gasteiger charge is -2.09. The van der Waals surface area contributed by atoms with Crippen LogP contribution in [0.2, 0.25) is 0 Å². The van der Waals surface area contributed by atoms with Crippen LogP contribution in [-0.2, 0) is 12.8 Å². The molecule has 0 radical (unpaired) electrons. The first-order valence-electron chi connectivity index (χ1n) is 11.8. The Morgan fingerprint density at radius 1 is 0.875 bits per heavy atom. The van der Waals surface area contributed by atoms with Crippen LogP contribution in [0.15, 0.2) is 60.9 Å². The number of aryl methyl sites for hydroxylation is 1. The Hall–Kier alpha value is -3.01. The van der Waals surface area contributed by atoms with Gasteiger partial charge in [-0.2, -0.15) is 0 Å². The highest BCUT2D eigenvalue weighted by Gasteiger charge is 2.10. The fourth-order valence-corrected chi connectivity index (χ4v) is 3.55. The summed E-state index contributed by atoms with van der Waals surface area (Å²) in [5.74, 6) is 1.47. The van der Waals surface area contributed by atoms with Gasteiger partial charge >= 0.3 is 5.97 Å². The van der Waals surface area contributed by atoms with Gasteiger partial charge in [-0.15, -0.1) is 0 Å². The van der Waals surface area contributed by atoms with Crippen LogP contribution in [-0.4, -0.2) is 15.9 Å². The number of nitrogens with zero attached hydrogens (tertiary/aromatic N) is 2. The molecule has 1 aromatic heterocycles. The molecule has 4 heteroatoms. The lowest BCUT2D eigenvalue weighted by Crippen LogP contribution is -2.08. The topological polar surface area (TPSA) is 52.1 Å². The molecular weight excluding hydrogens is 396 g/mol. The normalized spacial score (nSPS) is 11.8. The third kappa shape index (κ3) is 7.01. The quantitative estimate of drug-likeness (QED) is 0.185. The van der Waals surface area contributed by atoms with Crippen molar-refractivity contribution in [1.82, 2.24) is 9.97 Å². The van der Waals surface area contributed by atoms with Crippen molar-refractivity contribution in [3.8, 4) is 17.1 Å². The number of aromatic nitrogens is 2. The van der Waals surface area contributed by atoms with Crippen LogP contribution in [0.25, 0.3) is 11.4 Å². The van der Waals surface area contributed by atoms with Crippen molar-refractivity contribution in [2.24, 2.45) is 5.92 Å². The number of hydrogen-bond acceptors (Lipinski definition) is 4. The van der Waals surface area contributed by atoms with Gasteiger partial charge in [0.05, 0.1) is 5.56 Å². The van der Waals surface area contributed by atoms with E-state index >= 15 is 0 Å². The molecule has 3 rings (SSSR count). The number of ether oxygens (including phenoxy) is 1. The van der Waals surface area contributed by atoms with Crippen LogP contribution >= 0.6 is 0 Å². The lowest BCUT2D eigenvalue weighted by atomic mass is 9.98. The Morgan fingerprint density at radius 3 is 2.19 bits per heavy atom. The van der Waals surface area contributed by atoms with E-state index in [1.165, 1.54) is 36.8 Å². The van der Waals surface area contributed by atoms with Crippen molar-refractivity contribution >= 4 is 5.97 Å². The number of benzene rings is 2. The van der Waals surface area contributed by atoms with Gasteiger partial charge in [-0.05, 0) is 72.7 Å². The van der Waals surface area contributed by atoms with E-state index in [1.807, 2.05) is 48.8 Å². The highest BCUT2D eigenvalue weighted by atomic mass is 16.5. The third-order valence-corrected chi connectivity index (χ3v) is 5.82. The Kier molecular flexibility index (Phi) is 8.97. The molecule has 0 aliphatic rings. The van der Waals surface area contributed by atoms with Crippen molar-refractivity contribution in [2.45, 2.75) is 65.7 Å². The van der Waals surface area contributed by atoms with E-state index in [4.69, 9.17) is 4.74 Å². The molecule has 0 aliphatic carbocycles. The molecule has 0 aliphatic heterocycles. The van der Waals surface area contributed by atoms with Crippen LogP contribution in [0.5, 0.6) is 5.75 Å². The maximum atomic E-state index is 12.5. The summed E-state index contributed by atoms with van der Waals surface area (Å²) in [5.41, 5.74) is 3.87. The second-order valence-electron chi connectivity index (χ2n) is 8.55. The van der Waals surface area contributed by atoms with E-state index in [0.29, 0.717) is 23.1 Å². The average Bonchev–Trinajstić information content (AvgIpc) is 2.83. The number of unbranched alkanes of at least 4 members (excludes halogenated alkanes) is 3. The standard InChI is InChI=1S/C28H34N2O2/c1-4-6-7-8-9-23-19-29-27(30-20-23)24-14-16-26(17-15-24)32-28(31)25-12-10-22(11-13-25)18-21(3)5-2/h10-17,19-21H,4-9,18H2,1-3H3/t21-/m0/s1. The molecule has 32 heavy (non-hydrogen) atoms. The van der Waals surface area contributed by atoms with E-state index in [9.17, 15) is 4.79 Å². The first kappa shape index (κ1) is 23.6. The fourth-order valence-electron chi connectivity index (χ4n) is 3.55. The van der Waals surface area contributed by atoms with Crippen LogP contribution in [0.4, 0.5) is 0 Å².